The molecule has 1 aliphatic heterocycles. The number of halogens is 1. The molecular formula is C23H29FN2O3S. The zero-order chi connectivity index (χ0) is 21.1. The Kier molecular flexibility index (Phi) is 6.68. The molecule has 1 saturated carbocycles. The lowest BCUT2D eigenvalue weighted by molar-refractivity contribution is -0.133. The molecule has 0 spiro atoms. The van der Waals surface area contributed by atoms with Gasteiger partial charge in [-0.3, -0.25) is 9.59 Å². The van der Waals surface area contributed by atoms with Crippen LogP contribution in [0.5, 0.6) is 0 Å². The summed E-state index contributed by atoms with van der Waals surface area (Å²) in [5.41, 5.74) is 0.621. The van der Waals surface area contributed by atoms with Crippen molar-refractivity contribution in [2.75, 3.05) is 33.3 Å². The van der Waals surface area contributed by atoms with Crippen LogP contribution in [-0.2, 0) is 16.1 Å². The van der Waals surface area contributed by atoms with Gasteiger partial charge in [0.25, 0.3) is 5.91 Å². The fourth-order valence-electron chi connectivity index (χ4n) is 4.71. The van der Waals surface area contributed by atoms with E-state index in [0.717, 1.165) is 11.1 Å². The predicted octanol–water partition coefficient (Wildman–Crippen LogP) is 4.44. The maximum atomic E-state index is 14.4. The fraction of sp³-hybridized carbons (Fsp3) is 0.565. The minimum Gasteiger partial charge on any atom is -0.380 e. The number of hydrogen-bond acceptors (Lipinski definition) is 4. The van der Waals surface area contributed by atoms with E-state index in [1.165, 1.54) is 43.1 Å². The standard InChI is InChI=1S/C23H29FN2O3S/c1-29-15-17-21-18(24)7-4-8-19(21)30-22(17)23(28)26-13-11-25(12-14-26)20(27)10-9-16-5-2-3-6-16/h4,7-8,16H,2-3,5-6,9-15H2,1H3. The van der Waals surface area contributed by atoms with Gasteiger partial charge in [-0.25, -0.2) is 4.39 Å². The monoisotopic (exact) mass is 432 g/mol. The molecule has 2 aliphatic rings. The first-order valence-electron chi connectivity index (χ1n) is 10.8. The van der Waals surface area contributed by atoms with Gasteiger partial charge in [0.2, 0.25) is 5.91 Å². The average Bonchev–Trinajstić information content (AvgIpc) is 3.41. The summed E-state index contributed by atoms with van der Waals surface area (Å²) in [7, 11) is 1.55. The van der Waals surface area contributed by atoms with Crippen LogP contribution in [0.4, 0.5) is 4.39 Å². The third-order valence-corrected chi connectivity index (χ3v) is 7.59. The number of carbonyl (C=O) groups excluding carboxylic acids is 2. The van der Waals surface area contributed by atoms with Crippen LogP contribution in [0.3, 0.4) is 0 Å². The van der Waals surface area contributed by atoms with Crippen molar-refractivity contribution in [3.8, 4) is 0 Å². The summed E-state index contributed by atoms with van der Waals surface area (Å²) in [5.74, 6) is 0.496. The van der Waals surface area contributed by atoms with E-state index in [0.29, 0.717) is 54.3 Å². The highest BCUT2D eigenvalue weighted by Crippen LogP contribution is 2.35. The fourth-order valence-corrected chi connectivity index (χ4v) is 5.90. The van der Waals surface area contributed by atoms with Crippen molar-refractivity contribution in [1.29, 1.82) is 0 Å². The van der Waals surface area contributed by atoms with Crippen LogP contribution in [0, 0.1) is 11.7 Å². The van der Waals surface area contributed by atoms with Crippen LogP contribution in [-0.4, -0.2) is 54.9 Å². The Balaban J connectivity index is 1.40. The van der Waals surface area contributed by atoms with E-state index in [1.807, 2.05) is 11.0 Å². The van der Waals surface area contributed by atoms with Crippen LogP contribution in [0.15, 0.2) is 18.2 Å². The molecule has 162 valence electrons. The lowest BCUT2D eigenvalue weighted by atomic mass is 10.0. The molecular weight excluding hydrogens is 403 g/mol. The van der Waals surface area contributed by atoms with E-state index in [4.69, 9.17) is 4.74 Å². The van der Waals surface area contributed by atoms with E-state index in [2.05, 4.69) is 0 Å². The average molecular weight is 433 g/mol. The molecule has 1 aromatic heterocycles. The minimum absolute atomic E-state index is 0.0966. The summed E-state index contributed by atoms with van der Waals surface area (Å²) < 4.78 is 20.4. The van der Waals surface area contributed by atoms with Crippen molar-refractivity contribution in [2.45, 2.75) is 45.1 Å². The maximum absolute atomic E-state index is 14.4. The van der Waals surface area contributed by atoms with Gasteiger partial charge in [-0.2, -0.15) is 0 Å². The molecule has 2 fully saturated rings. The molecule has 1 saturated heterocycles. The van der Waals surface area contributed by atoms with Gasteiger partial charge < -0.3 is 14.5 Å². The van der Waals surface area contributed by atoms with Gasteiger partial charge in [0.1, 0.15) is 5.82 Å². The SMILES string of the molecule is COCc1c(C(=O)N2CCN(C(=O)CCC3CCCC3)CC2)sc2cccc(F)c12. The van der Waals surface area contributed by atoms with Crippen LogP contribution in [0.2, 0.25) is 0 Å². The summed E-state index contributed by atoms with van der Waals surface area (Å²) in [5, 5.41) is 0.480. The molecule has 2 aromatic rings. The normalized spacial score (nSPS) is 17.8. The van der Waals surface area contributed by atoms with Gasteiger partial charge in [-0.15, -0.1) is 11.3 Å². The summed E-state index contributed by atoms with van der Waals surface area (Å²) in [6.07, 6.45) is 6.72. The number of ether oxygens (including phenoxy) is 1. The van der Waals surface area contributed by atoms with E-state index >= 15 is 0 Å². The first-order chi connectivity index (χ1) is 14.6. The van der Waals surface area contributed by atoms with Crippen LogP contribution < -0.4 is 0 Å². The molecule has 2 heterocycles. The Hall–Kier alpha value is -1.99. The number of methoxy groups -OCH3 is 1. The number of carbonyl (C=O) groups is 2. The van der Waals surface area contributed by atoms with Crippen LogP contribution >= 0.6 is 11.3 Å². The molecule has 1 aliphatic carbocycles. The largest absolute Gasteiger partial charge is 0.380 e. The number of piperazine rings is 1. The van der Waals surface area contributed by atoms with Crippen molar-refractivity contribution >= 4 is 33.2 Å². The number of thiophene rings is 1. The predicted molar refractivity (Wildman–Crippen MR) is 116 cm³/mol. The van der Waals surface area contributed by atoms with Crippen LogP contribution in [0.25, 0.3) is 10.1 Å². The number of nitrogens with zero attached hydrogens (tertiary/aromatic N) is 2. The quantitative estimate of drug-likeness (QED) is 0.678. The molecule has 30 heavy (non-hydrogen) atoms. The van der Waals surface area contributed by atoms with E-state index in [9.17, 15) is 14.0 Å². The summed E-state index contributed by atoms with van der Waals surface area (Å²) in [4.78, 5) is 30.0. The summed E-state index contributed by atoms with van der Waals surface area (Å²) in [6, 6.07) is 4.91. The van der Waals surface area contributed by atoms with Gasteiger partial charge in [-0.05, 0) is 24.5 Å². The minimum atomic E-state index is -0.326. The summed E-state index contributed by atoms with van der Waals surface area (Å²) in [6.45, 7) is 2.35. The lowest BCUT2D eigenvalue weighted by Gasteiger charge is -2.35. The number of hydrogen-bond donors (Lipinski definition) is 0. The molecule has 5 nitrogen and oxygen atoms in total. The topological polar surface area (TPSA) is 49.9 Å². The first-order valence-corrected chi connectivity index (χ1v) is 11.7. The first kappa shape index (κ1) is 21.2. The molecule has 0 bridgehead atoms. The highest BCUT2D eigenvalue weighted by molar-refractivity contribution is 7.21. The Morgan fingerprint density at radius 3 is 2.53 bits per heavy atom. The van der Waals surface area contributed by atoms with Crippen molar-refractivity contribution in [3.05, 3.63) is 34.5 Å². The second-order valence-electron chi connectivity index (χ2n) is 8.32. The highest BCUT2D eigenvalue weighted by atomic mass is 32.1. The van der Waals surface area contributed by atoms with Gasteiger partial charge in [0.15, 0.2) is 0 Å². The molecule has 7 heteroatoms. The Morgan fingerprint density at radius 2 is 1.83 bits per heavy atom. The van der Waals surface area contributed by atoms with Gasteiger partial charge in [0.05, 0.1) is 11.5 Å². The van der Waals surface area contributed by atoms with Gasteiger partial charge in [-0.1, -0.05) is 31.7 Å². The molecule has 4 rings (SSSR count). The zero-order valence-electron chi connectivity index (χ0n) is 17.5. The number of fused-ring (bicyclic) bond motifs is 1. The Labute approximate surface area is 180 Å². The third-order valence-electron chi connectivity index (χ3n) is 6.41. The molecule has 0 atom stereocenters. The molecule has 0 N–H and O–H groups in total. The highest BCUT2D eigenvalue weighted by Gasteiger charge is 2.29. The smallest absolute Gasteiger partial charge is 0.264 e. The second kappa shape index (κ2) is 9.43. The second-order valence-corrected chi connectivity index (χ2v) is 9.37. The lowest BCUT2D eigenvalue weighted by Crippen LogP contribution is -2.50. The molecule has 0 unspecified atom stereocenters. The van der Waals surface area contributed by atoms with E-state index < -0.39 is 0 Å². The van der Waals surface area contributed by atoms with Gasteiger partial charge >= 0.3 is 0 Å². The molecule has 0 radical (unpaired) electrons. The van der Waals surface area contributed by atoms with E-state index in [-0.39, 0.29) is 24.2 Å². The van der Waals surface area contributed by atoms with E-state index in [1.54, 1.807) is 18.1 Å². The van der Waals surface area contributed by atoms with Crippen molar-refractivity contribution in [3.63, 3.8) is 0 Å². The molecule has 1 aromatic carbocycles. The summed E-state index contributed by atoms with van der Waals surface area (Å²) >= 11 is 1.32. The van der Waals surface area contributed by atoms with Crippen molar-refractivity contribution in [1.82, 2.24) is 9.80 Å². The Bertz CT molecular complexity index is 915. The molecule has 2 amide bonds. The van der Waals surface area contributed by atoms with Crippen LogP contribution in [0.1, 0.15) is 53.8 Å². The Morgan fingerprint density at radius 1 is 1.13 bits per heavy atom. The van der Waals surface area contributed by atoms with Crippen molar-refractivity contribution < 1.29 is 18.7 Å². The maximum Gasteiger partial charge on any atom is 0.264 e. The van der Waals surface area contributed by atoms with Gasteiger partial charge in [0, 0.05) is 55.4 Å². The zero-order valence-corrected chi connectivity index (χ0v) is 18.3. The number of benzene rings is 1. The third kappa shape index (κ3) is 4.37. The van der Waals surface area contributed by atoms with Crippen molar-refractivity contribution in [2.24, 2.45) is 5.92 Å². The number of amides is 2. The number of rotatable bonds is 6.